The molecular weight excluding hydrogens is 406 g/mol. The van der Waals surface area contributed by atoms with Gasteiger partial charge in [-0.2, -0.15) is 0 Å². The van der Waals surface area contributed by atoms with Gasteiger partial charge in [0, 0.05) is 37.7 Å². The van der Waals surface area contributed by atoms with Crippen LogP contribution in [0.15, 0.2) is 60.9 Å². The summed E-state index contributed by atoms with van der Waals surface area (Å²) in [6, 6.07) is 15.2. The molecule has 1 aromatic heterocycles. The van der Waals surface area contributed by atoms with Crippen molar-refractivity contribution in [2.75, 3.05) is 27.4 Å². The zero-order valence-corrected chi connectivity index (χ0v) is 18.6. The van der Waals surface area contributed by atoms with E-state index < -0.39 is 0 Å². The van der Waals surface area contributed by atoms with E-state index in [-0.39, 0.29) is 12.0 Å². The van der Waals surface area contributed by atoms with Crippen LogP contribution in [0.2, 0.25) is 0 Å². The van der Waals surface area contributed by atoms with Gasteiger partial charge in [0.15, 0.2) is 0 Å². The Labute approximate surface area is 188 Å². The van der Waals surface area contributed by atoms with Gasteiger partial charge in [0.25, 0.3) is 5.91 Å². The highest BCUT2D eigenvalue weighted by atomic mass is 16.5. The van der Waals surface area contributed by atoms with Crippen LogP contribution in [-0.2, 0) is 17.8 Å². The van der Waals surface area contributed by atoms with Crippen molar-refractivity contribution in [3.05, 3.63) is 77.9 Å². The summed E-state index contributed by atoms with van der Waals surface area (Å²) in [5.41, 5.74) is 1.70. The average Bonchev–Trinajstić information content (AvgIpc) is 3.50. The van der Waals surface area contributed by atoms with Crippen molar-refractivity contribution in [2.45, 2.75) is 32.0 Å². The first-order valence-corrected chi connectivity index (χ1v) is 10.8. The number of methoxy groups -OCH3 is 2. The summed E-state index contributed by atoms with van der Waals surface area (Å²) in [5.74, 6) is 2.24. The number of ether oxygens (including phenoxy) is 3. The third kappa shape index (κ3) is 5.29. The Bertz CT molecular complexity index is 1040. The number of benzene rings is 2. The molecule has 0 spiro atoms. The van der Waals surface area contributed by atoms with Gasteiger partial charge in [-0.25, -0.2) is 4.98 Å². The van der Waals surface area contributed by atoms with Gasteiger partial charge in [0.05, 0.1) is 26.9 Å². The van der Waals surface area contributed by atoms with Crippen LogP contribution in [0.4, 0.5) is 0 Å². The van der Waals surface area contributed by atoms with Gasteiger partial charge in [-0.05, 0) is 48.7 Å². The highest BCUT2D eigenvalue weighted by Crippen LogP contribution is 2.20. The van der Waals surface area contributed by atoms with E-state index in [1.807, 2.05) is 47.5 Å². The Kier molecular flexibility index (Phi) is 7.07. The van der Waals surface area contributed by atoms with Crippen LogP contribution < -0.4 is 9.47 Å². The number of nitrogens with zero attached hydrogens (tertiary/aromatic N) is 3. The summed E-state index contributed by atoms with van der Waals surface area (Å²) in [6.45, 7) is 2.32. The molecule has 3 aromatic rings. The topological polar surface area (TPSA) is 65.8 Å². The van der Waals surface area contributed by atoms with Crippen LogP contribution in [-0.4, -0.2) is 53.8 Å². The van der Waals surface area contributed by atoms with Crippen LogP contribution in [0.5, 0.6) is 11.5 Å². The van der Waals surface area contributed by atoms with Crippen LogP contribution >= 0.6 is 0 Å². The molecule has 0 radical (unpaired) electrons. The third-order valence-electron chi connectivity index (χ3n) is 5.67. The molecule has 1 atom stereocenters. The number of carbonyl (C=O) groups excluding carboxylic acids is 1. The van der Waals surface area contributed by atoms with E-state index in [0.717, 1.165) is 36.6 Å². The summed E-state index contributed by atoms with van der Waals surface area (Å²) >= 11 is 0. The monoisotopic (exact) mass is 435 g/mol. The lowest BCUT2D eigenvalue weighted by Crippen LogP contribution is -2.37. The highest BCUT2D eigenvalue weighted by Gasteiger charge is 2.25. The van der Waals surface area contributed by atoms with Gasteiger partial charge < -0.3 is 23.7 Å². The molecular formula is C25H29N3O4. The van der Waals surface area contributed by atoms with Crippen molar-refractivity contribution in [1.82, 2.24) is 14.5 Å². The summed E-state index contributed by atoms with van der Waals surface area (Å²) in [6.07, 6.45) is 5.74. The second kappa shape index (κ2) is 10.3. The Hall–Kier alpha value is -3.32. The summed E-state index contributed by atoms with van der Waals surface area (Å²) in [5, 5.41) is 0. The highest BCUT2D eigenvalue weighted by molar-refractivity contribution is 5.94. The molecule has 1 saturated heterocycles. The van der Waals surface area contributed by atoms with Gasteiger partial charge in [-0.1, -0.05) is 18.2 Å². The van der Waals surface area contributed by atoms with Crippen LogP contribution in [0.3, 0.4) is 0 Å². The quantitative estimate of drug-likeness (QED) is 0.512. The standard InChI is InChI=1S/C25H29N3O4/c1-30-21-8-3-6-19(14-21)16-27-12-11-26-24(27)18-28(17-23-10-5-13-32-23)25(29)20-7-4-9-22(15-20)31-2/h3-4,6-9,11-12,14-15,23H,5,10,13,16-18H2,1-2H3. The van der Waals surface area contributed by atoms with Crippen molar-refractivity contribution >= 4 is 5.91 Å². The van der Waals surface area contributed by atoms with E-state index in [2.05, 4.69) is 15.6 Å². The SMILES string of the molecule is COc1cccc(Cn2ccnc2CN(CC2CCCO2)C(=O)c2cccc(OC)c2)c1. The van der Waals surface area contributed by atoms with E-state index in [1.54, 1.807) is 26.5 Å². The summed E-state index contributed by atoms with van der Waals surface area (Å²) < 4.78 is 18.5. The molecule has 0 aliphatic carbocycles. The molecule has 7 heteroatoms. The molecule has 2 aromatic carbocycles. The minimum absolute atomic E-state index is 0.0476. The van der Waals surface area contributed by atoms with Crippen molar-refractivity contribution in [3.63, 3.8) is 0 Å². The molecule has 4 rings (SSSR count). The minimum atomic E-state index is -0.0599. The number of amides is 1. The van der Waals surface area contributed by atoms with Crippen molar-refractivity contribution < 1.29 is 19.0 Å². The first kappa shape index (κ1) is 21.9. The van der Waals surface area contributed by atoms with Gasteiger partial charge in [-0.3, -0.25) is 4.79 Å². The number of imidazole rings is 1. The number of hydrogen-bond acceptors (Lipinski definition) is 5. The Balaban J connectivity index is 1.56. The Morgan fingerprint density at radius 3 is 2.69 bits per heavy atom. The molecule has 2 heterocycles. The lowest BCUT2D eigenvalue weighted by molar-refractivity contribution is 0.0499. The predicted molar refractivity (Wildman–Crippen MR) is 121 cm³/mol. The lowest BCUT2D eigenvalue weighted by atomic mass is 10.1. The van der Waals surface area contributed by atoms with Crippen LogP contribution in [0.25, 0.3) is 0 Å². The second-order valence-corrected chi connectivity index (χ2v) is 7.88. The van der Waals surface area contributed by atoms with Crippen LogP contribution in [0, 0.1) is 0 Å². The largest absolute Gasteiger partial charge is 0.497 e. The molecule has 1 fully saturated rings. The van der Waals surface area contributed by atoms with Gasteiger partial charge >= 0.3 is 0 Å². The Morgan fingerprint density at radius 2 is 1.94 bits per heavy atom. The van der Waals surface area contributed by atoms with Crippen molar-refractivity contribution in [2.24, 2.45) is 0 Å². The third-order valence-corrected chi connectivity index (χ3v) is 5.67. The normalized spacial score (nSPS) is 15.5. The summed E-state index contributed by atoms with van der Waals surface area (Å²) in [7, 11) is 3.26. The predicted octanol–water partition coefficient (Wildman–Crippen LogP) is 3.77. The fourth-order valence-corrected chi connectivity index (χ4v) is 3.97. The Morgan fingerprint density at radius 1 is 1.16 bits per heavy atom. The zero-order chi connectivity index (χ0) is 22.3. The smallest absolute Gasteiger partial charge is 0.254 e. The molecule has 1 amide bonds. The molecule has 1 aliphatic heterocycles. The second-order valence-electron chi connectivity index (χ2n) is 7.88. The van der Waals surface area contributed by atoms with E-state index in [1.165, 1.54) is 0 Å². The fourth-order valence-electron chi connectivity index (χ4n) is 3.97. The number of rotatable bonds is 9. The molecule has 32 heavy (non-hydrogen) atoms. The van der Waals surface area contributed by atoms with Crippen molar-refractivity contribution in [3.8, 4) is 11.5 Å². The minimum Gasteiger partial charge on any atom is -0.497 e. The van der Waals surface area contributed by atoms with Gasteiger partial charge in [0.2, 0.25) is 0 Å². The van der Waals surface area contributed by atoms with E-state index in [9.17, 15) is 4.79 Å². The number of carbonyl (C=O) groups is 1. The summed E-state index contributed by atoms with van der Waals surface area (Å²) in [4.78, 5) is 19.8. The van der Waals surface area contributed by atoms with Gasteiger partial charge in [0.1, 0.15) is 17.3 Å². The van der Waals surface area contributed by atoms with E-state index in [0.29, 0.717) is 30.9 Å². The molecule has 0 bridgehead atoms. The zero-order valence-electron chi connectivity index (χ0n) is 18.6. The van der Waals surface area contributed by atoms with Gasteiger partial charge in [-0.15, -0.1) is 0 Å². The number of aromatic nitrogens is 2. The molecule has 1 unspecified atom stereocenters. The van der Waals surface area contributed by atoms with Crippen LogP contribution in [0.1, 0.15) is 34.6 Å². The average molecular weight is 436 g/mol. The lowest BCUT2D eigenvalue weighted by Gasteiger charge is -2.26. The maximum Gasteiger partial charge on any atom is 0.254 e. The maximum atomic E-state index is 13.4. The maximum absolute atomic E-state index is 13.4. The van der Waals surface area contributed by atoms with E-state index >= 15 is 0 Å². The molecule has 168 valence electrons. The fraction of sp³-hybridized carbons (Fsp3) is 0.360. The molecule has 1 aliphatic rings. The first-order chi connectivity index (χ1) is 15.7. The van der Waals surface area contributed by atoms with Crippen molar-refractivity contribution in [1.29, 1.82) is 0 Å². The molecule has 0 saturated carbocycles. The first-order valence-electron chi connectivity index (χ1n) is 10.8. The van der Waals surface area contributed by atoms with E-state index in [4.69, 9.17) is 14.2 Å². The molecule has 7 nitrogen and oxygen atoms in total. The number of hydrogen-bond donors (Lipinski definition) is 0. The molecule has 0 N–H and O–H groups in total.